The number of thioether (sulfide) groups is 1. The van der Waals surface area contributed by atoms with Crippen LogP contribution in [0.5, 0.6) is 0 Å². The highest BCUT2D eigenvalue weighted by molar-refractivity contribution is 7.99. The number of methoxy groups -OCH3 is 1. The number of carbonyl (C=O) groups is 2. The molecule has 1 unspecified atom stereocenters. The number of amides is 1. The number of carbonyl (C=O) groups excluding carboxylic acids is 2. The summed E-state index contributed by atoms with van der Waals surface area (Å²) in [6.45, 7) is 0. The van der Waals surface area contributed by atoms with Crippen LogP contribution in [-0.4, -0.2) is 36.5 Å². The maximum Gasteiger partial charge on any atom is 0.322 e. The molecule has 0 aromatic heterocycles. The third-order valence-corrected chi connectivity index (χ3v) is 3.64. The normalized spacial score (nSPS) is 11.8. The number of ether oxygens (including phenoxy) is 1. The smallest absolute Gasteiger partial charge is 0.322 e. The van der Waals surface area contributed by atoms with Gasteiger partial charge in [0.2, 0.25) is 5.91 Å². The van der Waals surface area contributed by atoms with Gasteiger partial charge in [0, 0.05) is 10.7 Å². The molecule has 0 heterocycles. The second kappa shape index (κ2) is 8.84. The van der Waals surface area contributed by atoms with Gasteiger partial charge in [0.15, 0.2) is 0 Å². The van der Waals surface area contributed by atoms with Crippen molar-refractivity contribution < 1.29 is 14.3 Å². The zero-order chi connectivity index (χ0) is 15.0. The van der Waals surface area contributed by atoms with Crippen molar-refractivity contribution in [2.24, 2.45) is 5.73 Å². The van der Waals surface area contributed by atoms with Gasteiger partial charge < -0.3 is 15.8 Å². The summed E-state index contributed by atoms with van der Waals surface area (Å²) in [7, 11) is 1.30. The fourth-order valence-corrected chi connectivity index (χ4v) is 2.42. The molecule has 110 valence electrons. The van der Waals surface area contributed by atoms with Crippen LogP contribution in [0.15, 0.2) is 24.3 Å². The standard InChI is InChI=1S/C13H17ClN2O3S/c1-19-13(18)11(15)5-6-20-8-12(17)16-10-4-2-3-9(14)7-10/h2-4,7,11H,5-6,8,15H2,1H3,(H,16,17). The highest BCUT2D eigenvalue weighted by atomic mass is 35.5. The molecule has 20 heavy (non-hydrogen) atoms. The predicted octanol–water partition coefficient (Wildman–Crippen LogP) is 1.90. The first-order valence-corrected chi connectivity index (χ1v) is 7.52. The molecule has 0 radical (unpaired) electrons. The third kappa shape index (κ3) is 6.27. The second-order valence-electron chi connectivity index (χ2n) is 4.03. The van der Waals surface area contributed by atoms with E-state index in [9.17, 15) is 9.59 Å². The van der Waals surface area contributed by atoms with E-state index < -0.39 is 12.0 Å². The van der Waals surface area contributed by atoms with Gasteiger partial charge in [-0.15, -0.1) is 0 Å². The first-order valence-electron chi connectivity index (χ1n) is 5.99. The molecule has 1 aromatic rings. The van der Waals surface area contributed by atoms with Gasteiger partial charge in [0.25, 0.3) is 0 Å². The van der Waals surface area contributed by atoms with E-state index in [0.717, 1.165) is 0 Å². The molecule has 0 aliphatic carbocycles. The molecule has 0 bridgehead atoms. The molecule has 1 aromatic carbocycles. The summed E-state index contributed by atoms with van der Waals surface area (Å²) in [5.74, 6) is 0.345. The van der Waals surface area contributed by atoms with Gasteiger partial charge in [0.1, 0.15) is 6.04 Å². The number of nitrogens with two attached hydrogens (primary N) is 1. The monoisotopic (exact) mass is 316 g/mol. The van der Waals surface area contributed by atoms with Crippen LogP contribution in [0.25, 0.3) is 0 Å². The van der Waals surface area contributed by atoms with Crippen LogP contribution in [0, 0.1) is 0 Å². The Morgan fingerprint density at radius 2 is 2.25 bits per heavy atom. The molecule has 0 fully saturated rings. The van der Waals surface area contributed by atoms with Crippen molar-refractivity contribution in [1.29, 1.82) is 0 Å². The van der Waals surface area contributed by atoms with Crippen molar-refractivity contribution >= 4 is 40.9 Å². The van der Waals surface area contributed by atoms with E-state index >= 15 is 0 Å². The molecular weight excluding hydrogens is 300 g/mol. The van der Waals surface area contributed by atoms with Gasteiger partial charge in [-0.25, -0.2) is 0 Å². The Morgan fingerprint density at radius 3 is 2.90 bits per heavy atom. The SMILES string of the molecule is COC(=O)C(N)CCSCC(=O)Nc1cccc(Cl)c1. The van der Waals surface area contributed by atoms with Crippen molar-refractivity contribution in [3.05, 3.63) is 29.3 Å². The summed E-state index contributed by atoms with van der Waals surface area (Å²) in [6.07, 6.45) is 0.474. The number of rotatable bonds is 7. The van der Waals surface area contributed by atoms with Gasteiger partial charge in [-0.1, -0.05) is 17.7 Å². The highest BCUT2D eigenvalue weighted by Gasteiger charge is 2.13. The van der Waals surface area contributed by atoms with Crippen molar-refractivity contribution in [2.75, 3.05) is 23.9 Å². The van der Waals surface area contributed by atoms with Crippen LogP contribution in [0.2, 0.25) is 5.02 Å². The zero-order valence-corrected chi connectivity index (χ0v) is 12.7. The molecule has 1 amide bonds. The first kappa shape index (κ1) is 16.8. The van der Waals surface area contributed by atoms with Crippen molar-refractivity contribution in [2.45, 2.75) is 12.5 Å². The summed E-state index contributed by atoms with van der Waals surface area (Å²) < 4.78 is 4.52. The van der Waals surface area contributed by atoms with E-state index in [4.69, 9.17) is 17.3 Å². The van der Waals surface area contributed by atoms with Crippen LogP contribution in [-0.2, 0) is 14.3 Å². The van der Waals surface area contributed by atoms with Crippen molar-refractivity contribution in [1.82, 2.24) is 0 Å². The van der Waals surface area contributed by atoms with Gasteiger partial charge >= 0.3 is 5.97 Å². The van der Waals surface area contributed by atoms with Crippen LogP contribution in [0.4, 0.5) is 5.69 Å². The summed E-state index contributed by atoms with van der Waals surface area (Å²) >= 11 is 7.23. The molecule has 0 aliphatic heterocycles. The van der Waals surface area contributed by atoms with Crippen LogP contribution >= 0.6 is 23.4 Å². The number of hydrogen-bond donors (Lipinski definition) is 2. The van der Waals surface area contributed by atoms with Crippen molar-refractivity contribution in [3.8, 4) is 0 Å². The number of esters is 1. The average molecular weight is 317 g/mol. The maximum atomic E-state index is 11.7. The molecule has 0 saturated carbocycles. The lowest BCUT2D eigenvalue weighted by atomic mass is 10.2. The fraction of sp³-hybridized carbons (Fsp3) is 0.385. The Balaban J connectivity index is 2.22. The van der Waals surface area contributed by atoms with E-state index in [1.165, 1.54) is 18.9 Å². The Hall–Kier alpha value is -1.24. The number of nitrogens with one attached hydrogen (secondary N) is 1. The van der Waals surface area contributed by atoms with E-state index in [2.05, 4.69) is 10.1 Å². The minimum atomic E-state index is -0.636. The molecule has 5 nitrogen and oxygen atoms in total. The summed E-state index contributed by atoms with van der Waals surface area (Å²) in [5, 5.41) is 3.31. The Morgan fingerprint density at radius 1 is 1.50 bits per heavy atom. The Kier molecular flexibility index (Phi) is 7.43. The number of benzene rings is 1. The van der Waals surface area contributed by atoms with E-state index in [1.807, 2.05) is 0 Å². The Bertz CT molecular complexity index is 471. The maximum absolute atomic E-state index is 11.7. The number of anilines is 1. The van der Waals surface area contributed by atoms with Crippen LogP contribution in [0.1, 0.15) is 6.42 Å². The van der Waals surface area contributed by atoms with Crippen molar-refractivity contribution in [3.63, 3.8) is 0 Å². The topological polar surface area (TPSA) is 81.4 Å². The largest absolute Gasteiger partial charge is 0.468 e. The van der Waals surface area contributed by atoms with Gasteiger partial charge in [-0.2, -0.15) is 11.8 Å². The van der Waals surface area contributed by atoms with E-state index in [1.54, 1.807) is 24.3 Å². The lowest BCUT2D eigenvalue weighted by molar-refractivity contribution is -0.142. The summed E-state index contributed by atoms with van der Waals surface area (Å²) in [6, 6.07) is 6.31. The predicted molar refractivity (Wildman–Crippen MR) is 82.0 cm³/mol. The highest BCUT2D eigenvalue weighted by Crippen LogP contribution is 2.15. The van der Waals surface area contributed by atoms with Crippen LogP contribution < -0.4 is 11.1 Å². The van der Waals surface area contributed by atoms with E-state index in [-0.39, 0.29) is 5.91 Å². The number of halogens is 1. The minimum absolute atomic E-state index is 0.121. The molecule has 1 atom stereocenters. The fourth-order valence-electron chi connectivity index (χ4n) is 1.41. The molecule has 0 aliphatic rings. The molecule has 0 saturated heterocycles. The number of hydrogen-bond acceptors (Lipinski definition) is 5. The Labute approximate surface area is 127 Å². The molecule has 3 N–H and O–H groups in total. The lowest BCUT2D eigenvalue weighted by Gasteiger charge is -2.09. The van der Waals surface area contributed by atoms with E-state index in [0.29, 0.717) is 28.6 Å². The third-order valence-electron chi connectivity index (χ3n) is 2.42. The molecular formula is C13H17ClN2O3S. The van der Waals surface area contributed by atoms with Gasteiger partial charge in [-0.05, 0) is 30.4 Å². The first-order chi connectivity index (χ1) is 9.52. The average Bonchev–Trinajstić information content (AvgIpc) is 2.42. The second-order valence-corrected chi connectivity index (χ2v) is 5.57. The lowest BCUT2D eigenvalue weighted by Crippen LogP contribution is -2.32. The van der Waals surface area contributed by atoms with Gasteiger partial charge in [-0.3, -0.25) is 9.59 Å². The molecule has 0 spiro atoms. The van der Waals surface area contributed by atoms with Gasteiger partial charge in [0.05, 0.1) is 12.9 Å². The quantitative estimate of drug-likeness (QED) is 0.593. The minimum Gasteiger partial charge on any atom is -0.468 e. The molecule has 1 rings (SSSR count). The van der Waals surface area contributed by atoms with Crippen LogP contribution in [0.3, 0.4) is 0 Å². The molecule has 7 heteroatoms. The summed E-state index contributed by atoms with van der Waals surface area (Å²) in [4.78, 5) is 22.7. The summed E-state index contributed by atoms with van der Waals surface area (Å²) in [5.41, 5.74) is 6.24. The zero-order valence-electron chi connectivity index (χ0n) is 11.1.